The SMILES string of the molecule is COc1cccc(C=CC(=O)CCN2CCOCC2)c1OC. The minimum atomic E-state index is 0.108. The predicted octanol–water partition coefficient (Wildman–Crippen LogP) is 2.01. The second-order valence-corrected chi connectivity index (χ2v) is 5.09. The lowest BCUT2D eigenvalue weighted by Gasteiger charge is -2.25. The van der Waals surface area contributed by atoms with Gasteiger partial charge in [-0.1, -0.05) is 12.1 Å². The van der Waals surface area contributed by atoms with Crippen molar-refractivity contribution in [3.63, 3.8) is 0 Å². The van der Waals surface area contributed by atoms with Gasteiger partial charge in [0.05, 0.1) is 27.4 Å². The highest BCUT2D eigenvalue weighted by Crippen LogP contribution is 2.31. The second-order valence-electron chi connectivity index (χ2n) is 5.09. The number of morpholine rings is 1. The lowest BCUT2D eigenvalue weighted by molar-refractivity contribution is -0.115. The van der Waals surface area contributed by atoms with Gasteiger partial charge >= 0.3 is 0 Å². The summed E-state index contributed by atoms with van der Waals surface area (Å²) in [7, 11) is 3.19. The summed E-state index contributed by atoms with van der Waals surface area (Å²) in [6.07, 6.45) is 3.91. The third-order valence-electron chi connectivity index (χ3n) is 3.66. The maximum Gasteiger partial charge on any atom is 0.167 e. The quantitative estimate of drug-likeness (QED) is 0.721. The van der Waals surface area contributed by atoms with Crippen molar-refractivity contribution >= 4 is 11.9 Å². The van der Waals surface area contributed by atoms with Gasteiger partial charge in [0.1, 0.15) is 0 Å². The Labute approximate surface area is 131 Å². The van der Waals surface area contributed by atoms with E-state index < -0.39 is 0 Å². The molecule has 1 saturated heterocycles. The van der Waals surface area contributed by atoms with Crippen molar-refractivity contribution in [2.45, 2.75) is 6.42 Å². The van der Waals surface area contributed by atoms with Gasteiger partial charge in [-0.25, -0.2) is 0 Å². The summed E-state index contributed by atoms with van der Waals surface area (Å²) in [5, 5.41) is 0. The molecule has 0 aliphatic carbocycles. The van der Waals surface area contributed by atoms with E-state index in [9.17, 15) is 4.79 Å². The first-order valence-electron chi connectivity index (χ1n) is 7.46. The number of hydrogen-bond acceptors (Lipinski definition) is 5. The Bertz CT molecular complexity index is 521. The summed E-state index contributed by atoms with van der Waals surface area (Å²) < 4.78 is 15.9. The molecule has 22 heavy (non-hydrogen) atoms. The van der Waals surface area contributed by atoms with Crippen molar-refractivity contribution in [2.24, 2.45) is 0 Å². The van der Waals surface area contributed by atoms with Crippen LogP contribution in [-0.4, -0.2) is 57.8 Å². The zero-order valence-corrected chi connectivity index (χ0v) is 13.2. The number of nitrogens with zero attached hydrogens (tertiary/aromatic N) is 1. The Balaban J connectivity index is 1.91. The fraction of sp³-hybridized carbons (Fsp3) is 0.471. The van der Waals surface area contributed by atoms with Crippen LogP contribution in [0.1, 0.15) is 12.0 Å². The molecule has 1 aromatic carbocycles. The fourth-order valence-corrected chi connectivity index (χ4v) is 2.40. The molecule has 1 fully saturated rings. The Morgan fingerprint density at radius 3 is 2.73 bits per heavy atom. The minimum Gasteiger partial charge on any atom is -0.493 e. The number of ketones is 1. The molecule has 0 N–H and O–H groups in total. The number of allylic oxidation sites excluding steroid dienone is 1. The number of benzene rings is 1. The van der Waals surface area contributed by atoms with Crippen molar-refractivity contribution in [3.05, 3.63) is 29.8 Å². The standard InChI is InChI=1S/C17H23NO4/c1-20-16-5-3-4-14(17(16)21-2)6-7-15(19)8-9-18-10-12-22-13-11-18/h3-7H,8-13H2,1-2H3. The number of carbonyl (C=O) groups excluding carboxylic acids is 1. The summed E-state index contributed by atoms with van der Waals surface area (Å²) in [5.41, 5.74) is 0.835. The lowest BCUT2D eigenvalue weighted by atomic mass is 10.1. The largest absolute Gasteiger partial charge is 0.493 e. The van der Waals surface area contributed by atoms with Gasteiger partial charge in [-0.15, -0.1) is 0 Å². The molecule has 1 aliphatic rings. The Hall–Kier alpha value is -1.85. The van der Waals surface area contributed by atoms with Gasteiger partial charge in [-0.2, -0.15) is 0 Å². The summed E-state index contributed by atoms with van der Waals surface area (Å²) in [6, 6.07) is 5.60. The molecule has 0 spiro atoms. The number of para-hydroxylation sites is 1. The maximum absolute atomic E-state index is 12.0. The summed E-state index contributed by atoms with van der Waals surface area (Å²) in [4.78, 5) is 14.2. The minimum absolute atomic E-state index is 0.108. The average molecular weight is 305 g/mol. The number of ether oxygens (including phenoxy) is 3. The third-order valence-corrected chi connectivity index (χ3v) is 3.66. The van der Waals surface area contributed by atoms with E-state index in [1.807, 2.05) is 18.2 Å². The van der Waals surface area contributed by atoms with Crippen molar-refractivity contribution in [1.29, 1.82) is 0 Å². The van der Waals surface area contributed by atoms with Gasteiger partial charge in [-0.3, -0.25) is 9.69 Å². The topological polar surface area (TPSA) is 48.0 Å². The first-order valence-corrected chi connectivity index (χ1v) is 7.46. The zero-order chi connectivity index (χ0) is 15.8. The van der Waals surface area contributed by atoms with Crippen LogP contribution in [0.5, 0.6) is 11.5 Å². The van der Waals surface area contributed by atoms with Crippen molar-refractivity contribution in [2.75, 3.05) is 47.1 Å². The van der Waals surface area contributed by atoms with Gasteiger partial charge in [0, 0.05) is 31.6 Å². The molecule has 5 nitrogen and oxygen atoms in total. The van der Waals surface area contributed by atoms with Crippen LogP contribution in [-0.2, 0) is 9.53 Å². The van der Waals surface area contributed by atoms with E-state index in [2.05, 4.69) is 4.90 Å². The maximum atomic E-state index is 12.0. The van der Waals surface area contributed by atoms with Crippen LogP contribution in [0.15, 0.2) is 24.3 Å². The van der Waals surface area contributed by atoms with Gasteiger partial charge in [0.25, 0.3) is 0 Å². The third kappa shape index (κ3) is 4.58. The van der Waals surface area contributed by atoms with Crippen LogP contribution < -0.4 is 9.47 Å². The molecule has 0 amide bonds. The lowest BCUT2D eigenvalue weighted by Crippen LogP contribution is -2.37. The van der Waals surface area contributed by atoms with Crippen LogP contribution in [0.4, 0.5) is 0 Å². The first-order chi connectivity index (χ1) is 10.7. The van der Waals surface area contributed by atoms with Crippen LogP contribution in [0, 0.1) is 0 Å². The normalized spacial score (nSPS) is 15.9. The molecule has 0 aromatic heterocycles. The highest BCUT2D eigenvalue weighted by molar-refractivity contribution is 5.94. The highest BCUT2D eigenvalue weighted by atomic mass is 16.5. The monoisotopic (exact) mass is 305 g/mol. The van der Waals surface area contributed by atoms with Gasteiger partial charge in [0.2, 0.25) is 0 Å². The van der Waals surface area contributed by atoms with Crippen LogP contribution >= 0.6 is 0 Å². The molecule has 0 saturated carbocycles. The zero-order valence-electron chi connectivity index (χ0n) is 13.2. The number of methoxy groups -OCH3 is 2. The molecule has 5 heteroatoms. The van der Waals surface area contributed by atoms with E-state index in [0.29, 0.717) is 17.9 Å². The first kappa shape index (κ1) is 16.5. The molecule has 1 aliphatic heterocycles. The molecule has 0 unspecified atom stereocenters. The second kappa shape index (κ2) is 8.56. The van der Waals surface area contributed by atoms with Crippen molar-refractivity contribution < 1.29 is 19.0 Å². The van der Waals surface area contributed by atoms with Crippen molar-refractivity contribution in [3.8, 4) is 11.5 Å². The Morgan fingerprint density at radius 1 is 1.27 bits per heavy atom. The molecule has 2 rings (SSSR count). The smallest absolute Gasteiger partial charge is 0.167 e. The molecule has 0 radical (unpaired) electrons. The average Bonchev–Trinajstić information content (AvgIpc) is 2.58. The molecule has 1 heterocycles. The van der Waals surface area contributed by atoms with E-state index in [-0.39, 0.29) is 5.78 Å². The molecular formula is C17H23NO4. The molecular weight excluding hydrogens is 282 g/mol. The Kier molecular flexibility index (Phi) is 6.43. The van der Waals surface area contributed by atoms with E-state index >= 15 is 0 Å². The van der Waals surface area contributed by atoms with Gasteiger partial charge in [-0.05, 0) is 18.2 Å². The highest BCUT2D eigenvalue weighted by Gasteiger charge is 2.11. The van der Waals surface area contributed by atoms with E-state index in [0.717, 1.165) is 38.4 Å². The fourth-order valence-electron chi connectivity index (χ4n) is 2.40. The number of rotatable bonds is 7. The van der Waals surface area contributed by atoms with Crippen LogP contribution in [0.3, 0.4) is 0 Å². The summed E-state index contributed by atoms with van der Waals surface area (Å²) in [6.45, 7) is 4.10. The molecule has 1 aromatic rings. The summed E-state index contributed by atoms with van der Waals surface area (Å²) in [5.74, 6) is 1.41. The number of hydrogen-bond donors (Lipinski definition) is 0. The van der Waals surface area contributed by atoms with E-state index in [4.69, 9.17) is 14.2 Å². The van der Waals surface area contributed by atoms with Crippen LogP contribution in [0.25, 0.3) is 6.08 Å². The van der Waals surface area contributed by atoms with Crippen LogP contribution in [0.2, 0.25) is 0 Å². The Morgan fingerprint density at radius 2 is 2.05 bits per heavy atom. The van der Waals surface area contributed by atoms with Gasteiger partial charge in [0.15, 0.2) is 17.3 Å². The predicted molar refractivity (Wildman–Crippen MR) is 85.5 cm³/mol. The summed E-state index contributed by atoms with van der Waals surface area (Å²) >= 11 is 0. The molecule has 120 valence electrons. The molecule has 0 bridgehead atoms. The van der Waals surface area contributed by atoms with Crippen molar-refractivity contribution in [1.82, 2.24) is 4.90 Å². The molecule has 0 atom stereocenters. The van der Waals surface area contributed by atoms with E-state index in [1.165, 1.54) is 0 Å². The number of carbonyl (C=O) groups is 1. The van der Waals surface area contributed by atoms with E-state index in [1.54, 1.807) is 26.4 Å². The van der Waals surface area contributed by atoms with Gasteiger partial charge < -0.3 is 14.2 Å².